The van der Waals surface area contributed by atoms with Gasteiger partial charge in [-0.1, -0.05) is 0 Å². The van der Waals surface area contributed by atoms with Crippen LogP contribution in [-0.4, -0.2) is 15.8 Å². The van der Waals surface area contributed by atoms with Crippen LogP contribution in [0.1, 0.15) is 17.0 Å². The van der Waals surface area contributed by atoms with Crippen LogP contribution in [0, 0.1) is 0 Å². The molecular formula is C12H12N2OS. The molecule has 0 radical (unpaired) electrons. The Bertz CT molecular complexity index is 439. The van der Waals surface area contributed by atoms with E-state index in [1.165, 1.54) is 11.3 Å². The summed E-state index contributed by atoms with van der Waals surface area (Å²) in [6, 6.07) is 3.88. The van der Waals surface area contributed by atoms with E-state index in [2.05, 4.69) is 9.97 Å². The molecule has 2 heterocycles. The first-order valence-electron chi connectivity index (χ1n) is 5.13. The Morgan fingerprint density at radius 3 is 2.75 bits per heavy atom. The molecule has 4 heteroatoms. The highest BCUT2D eigenvalue weighted by Gasteiger charge is 2.05. The molecule has 0 aromatic carbocycles. The highest BCUT2D eigenvalue weighted by molar-refractivity contribution is 7.09. The van der Waals surface area contributed by atoms with E-state index in [9.17, 15) is 4.79 Å². The van der Waals surface area contributed by atoms with E-state index in [0.29, 0.717) is 12.8 Å². The van der Waals surface area contributed by atoms with Crippen molar-refractivity contribution in [2.75, 3.05) is 0 Å². The van der Waals surface area contributed by atoms with E-state index in [4.69, 9.17) is 0 Å². The van der Waals surface area contributed by atoms with Crippen molar-refractivity contribution in [2.45, 2.75) is 19.3 Å². The van der Waals surface area contributed by atoms with Gasteiger partial charge in [0.2, 0.25) is 0 Å². The minimum atomic E-state index is 0.242. The summed E-state index contributed by atoms with van der Waals surface area (Å²) in [4.78, 5) is 19.7. The Morgan fingerprint density at radius 2 is 2.06 bits per heavy atom. The summed E-state index contributed by atoms with van der Waals surface area (Å²) >= 11 is 1.53. The van der Waals surface area contributed by atoms with Crippen molar-refractivity contribution in [2.24, 2.45) is 0 Å². The molecule has 0 fully saturated rings. The molecule has 0 aliphatic heterocycles. The van der Waals surface area contributed by atoms with Crippen molar-refractivity contribution in [1.29, 1.82) is 0 Å². The Hall–Kier alpha value is -1.55. The lowest BCUT2D eigenvalue weighted by Gasteiger charge is -1.99. The highest BCUT2D eigenvalue weighted by Crippen LogP contribution is 2.08. The molecule has 0 saturated carbocycles. The van der Waals surface area contributed by atoms with E-state index in [1.807, 2.05) is 17.5 Å². The Labute approximate surface area is 98.2 Å². The predicted octanol–water partition coefficient (Wildman–Crippen LogP) is 2.28. The van der Waals surface area contributed by atoms with E-state index < -0.39 is 0 Å². The van der Waals surface area contributed by atoms with Crippen molar-refractivity contribution in [3.63, 3.8) is 0 Å². The molecule has 0 aliphatic rings. The van der Waals surface area contributed by atoms with Gasteiger partial charge >= 0.3 is 0 Å². The zero-order valence-electron chi connectivity index (χ0n) is 8.80. The van der Waals surface area contributed by atoms with Crippen molar-refractivity contribution in [3.05, 3.63) is 46.7 Å². The largest absolute Gasteiger partial charge is 0.299 e. The van der Waals surface area contributed by atoms with Crippen LogP contribution in [0.4, 0.5) is 0 Å². The molecule has 2 rings (SSSR count). The summed E-state index contributed by atoms with van der Waals surface area (Å²) in [5.41, 5.74) is 1.16. The SMILES string of the molecule is O=C(CCc1ccncc1)Cc1nccs1. The van der Waals surface area contributed by atoms with Crippen LogP contribution in [-0.2, 0) is 17.6 Å². The molecule has 0 amide bonds. The second kappa shape index (κ2) is 5.51. The van der Waals surface area contributed by atoms with Gasteiger partial charge in [0.15, 0.2) is 0 Å². The van der Waals surface area contributed by atoms with Crippen LogP contribution in [0.2, 0.25) is 0 Å². The summed E-state index contributed by atoms with van der Waals surface area (Å²) in [5, 5.41) is 2.80. The number of carbonyl (C=O) groups is 1. The Morgan fingerprint density at radius 1 is 1.25 bits per heavy atom. The Balaban J connectivity index is 1.80. The lowest BCUT2D eigenvalue weighted by Crippen LogP contribution is -2.03. The molecule has 0 spiro atoms. The smallest absolute Gasteiger partial charge is 0.140 e. The predicted molar refractivity (Wildman–Crippen MR) is 63.4 cm³/mol. The zero-order chi connectivity index (χ0) is 11.2. The third kappa shape index (κ3) is 3.24. The fourth-order valence-electron chi connectivity index (χ4n) is 1.43. The fourth-order valence-corrected chi connectivity index (χ4v) is 2.08. The summed E-state index contributed by atoms with van der Waals surface area (Å²) in [5.74, 6) is 0.242. The number of Topliss-reactive ketones (excluding diaryl/α,β-unsaturated/α-hetero) is 1. The average Bonchev–Trinajstić information content (AvgIpc) is 2.81. The molecule has 0 atom stereocenters. The molecule has 2 aromatic heterocycles. The lowest BCUT2D eigenvalue weighted by atomic mass is 10.1. The van der Waals surface area contributed by atoms with Gasteiger partial charge in [-0.2, -0.15) is 0 Å². The maximum atomic E-state index is 11.6. The first kappa shape index (κ1) is 11.0. The average molecular weight is 232 g/mol. The number of thiazole rings is 1. The van der Waals surface area contributed by atoms with Crippen LogP contribution < -0.4 is 0 Å². The van der Waals surface area contributed by atoms with E-state index in [-0.39, 0.29) is 5.78 Å². The first-order chi connectivity index (χ1) is 7.84. The van der Waals surface area contributed by atoms with Gasteiger partial charge in [0.1, 0.15) is 5.78 Å². The third-order valence-corrected chi connectivity index (χ3v) is 3.05. The van der Waals surface area contributed by atoms with Gasteiger partial charge in [0, 0.05) is 30.4 Å². The summed E-state index contributed by atoms with van der Waals surface area (Å²) in [7, 11) is 0. The minimum absolute atomic E-state index is 0.242. The van der Waals surface area contributed by atoms with Crippen molar-refractivity contribution in [3.8, 4) is 0 Å². The van der Waals surface area contributed by atoms with E-state index >= 15 is 0 Å². The molecule has 0 bridgehead atoms. The van der Waals surface area contributed by atoms with Gasteiger partial charge in [-0.3, -0.25) is 9.78 Å². The van der Waals surface area contributed by atoms with Crippen LogP contribution in [0.5, 0.6) is 0 Å². The molecule has 3 nitrogen and oxygen atoms in total. The van der Waals surface area contributed by atoms with Crippen LogP contribution in [0.25, 0.3) is 0 Å². The number of pyridine rings is 1. The number of ketones is 1. The molecule has 2 aromatic rings. The van der Waals surface area contributed by atoms with Gasteiger partial charge < -0.3 is 0 Å². The molecule has 0 unspecified atom stereocenters. The molecule has 16 heavy (non-hydrogen) atoms. The first-order valence-corrected chi connectivity index (χ1v) is 6.01. The second-order valence-electron chi connectivity index (χ2n) is 3.50. The number of nitrogens with zero attached hydrogens (tertiary/aromatic N) is 2. The van der Waals surface area contributed by atoms with Crippen molar-refractivity contribution >= 4 is 17.1 Å². The van der Waals surface area contributed by atoms with Gasteiger partial charge in [0.05, 0.1) is 11.4 Å². The maximum Gasteiger partial charge on any atom is 0.140 e. The number of rotatable bonds is 5. The molecule has 0 N–H and O–H groups in total. The van der Waals surface area contributed by atoms with E-state index in [1.54, 1.807) is 18.6 Å². The Kier molecular flexibility index (Phi) is 3.77. The quantitative estimate of drug-likeness (QED) is 0.794. The third-order valence-electron chi connectivity index (χ3n) is 2.27. The molecular weight excluding hydrogens is 220 g/mol. The maximum absolute atomic E-state index is 11.6. The van der Waals surface area contributed by atoms with E-state index in [0.717, 1.165) is 17.0 Å². The number of carbonyl (C=O) groups excluding carboxylic acids is 1. The molecule has 0 aliphatic carbocycles. The van der Waals surface area contributed by atoms with Gasteiger partial charge in [-0.05, 0) is 24.1 Å². The van der Waals surface area contributed by atoms with Crippen LogP contribution >= 0.6 is 11.3 Å². The highest BCUT2D eigenvalue weighted by atomic mass is 32.1. The summed E-state index contributed by atoms with van der Waals surface area (Å²) < 4.78 is 0. The number of hydrogen-bond acceptors (Lipinski definition) is 4. The minimum Gasteiger partial charge on any atom is -0.299 e. The van der Waals surface area contributed by atoms with Crippen molar-refractivity contribution < 1.29 is 4.79 Å². The zero-order valence-corrected chi connectivity index (χ0v) is 9.61. The van der Waals surface area contributed by atoms with Crippen LogP contribution in [0.3, 0.4) is 0 Å². The monoisotopic (exact) mass is 232 g/mol. The number of aromatic nitrogens is 2. The number of aryl methyl sites for hydroxylation is 1. The van der Waals surface area contributed by atoms with Crippen molar-refractivity contribution in [1.82, 2.24) is 9.97 Å². The van der Waals surface area contributed by atoms with Gasteiger partial charge in [0.25, 0.3) is 0 Å². The standard InChI is InChI=1S/C12H12N2OS/c15-11(9-12-14-7-8-16-12)2-1-10-3-5-13-6-4-10/h3-8H,1-2,9H2. The summed E-state index contributed by atoms with van der Waals surface area (Å²) in [6.07, 6.45) is 7.05. The second-order valence-corrected chi connectivity index (χ2v) is 4.48. The molecule has 82 valence electrons. The topological polar surface area (TPSA) is 42.9 Å². The lowest BCUT2D eigenvalue weighted by molar-refractivity contribution is -0.118. The number of hydrogen-bond donors (Lipinski definition) is 0. The molecule has 0 saturated heterocycles. The summed E-state index contributed by atoms with van der Waals surface area (Å²) in [6.45, 7) is 0. The fraction of sp³-hybridized carbons (Fsp3) is 0.250. The van der Waals surface area contributed by atoms with Crippen LogP contribution in [0.15, 0.2) is 36.1 Å². The van der Waals surface area contributed by atoms with Gasteiger partial charge in [-0.15, -0.1) is 11.3 Å². The normalized spacial score (nSPS) is 10.2. The van der Waals surface area contributed by atoms with Gasteiger partial charge in [-0.25, -0.2) is 4.98 Å².